The summed E-state index contributed by atoms with van der Waals surface area (Å²) in [6, 6.07) is 7.65. The second-order valence-electron chi connectivity index (χ2n) is 8.17. The van der Waals surface area contributed by atoms with E-state index < -0.39 is 4.92 Å². The molecule has 0 aliphatic carbocycles. The molecule has 4 rings (SSSR count). The van der Waals surface area contributed by atoms with Crippen LogP contribution in [-0.4, -0.2) is 33.8 Å². The fourth-order valence-electron chi connectivity index (χ4n) is 4.27. The average molecular weight is 408 g/mol. The number of non-ortho nitro benzene ring substituents is 1. The normalized spacial score (nSPS) is 20.3. The van der Waals surface area contributed by atoms with Gasteiger partial charge in [0.2, 0.25) is 5.78 Å². The second kappa shape index (κ2) is 7.91. The van der Waals surface area contributed by atoms with Crippen LogP contribution in [0.4, 0.5) is 5.69 Å². The number of ketones is 1. The number of piperidine rings is 1. The lowest BCUT2D eigenvalue weighted by Crippen LogP contribution is -2.33. The Morgan fingerprint density at radius 1 is 1.37 bits per heavy atom. The maximum Gasteiger partial charge on any atom is 0.270 e. The Labute approximate surface area is 174 Å². The van der Waals surface area contributed by atoms with Gasteiger partial charge < -0.3 is 9.84 Å². The Hall–Kier alpha value is -3.19. The predicted octanol–water partition coefficient (Wildman–Crippen LogP) is 4.46. The number of carbonyl (C=O) groups is 1. The van der Waals surface area contributed by atoms with Gasteiger partial charge in [-0.2, -0.15) is 0 Å². The number of phenols is 1. The molecule has 0 bridgehead atoms. The molecule has 7 heteroatoms. The number of fused-ring (bicyclic) bond motifs is 1. The molecule has 30 heavy (non-hydrogen) atoms. The molecule has 2 aliphatic rings. The van der Waals surface area contributed by atoms with Crippen LogP contribution >= 0.6 is 0 Å². The van der Waals surface area contributed by atoms with Crippen LogP contribution in [0.5, 0.6) is 11.5 Å². The summed E-state index contributed by atoms with van der Waals surface area (Å²) in [5.74, 6) is 0.933. The number of aryl methyl sites for hydroxylation is 1. The zero-order chi connectivity index (χ0) is 21.4. The number of ether oxygens (including phenoxy) is 1. The minimum atomic E-state index is -0.478. The Bertz CT molecular complexity index is 1060. The lowest BCUT2D eigenvalue weighted by molar-refractivity contribution is -0.384. The Balaban J connectivity index is 1.69. The summed E-state index contributed by atoms with van der Waals surface area (Å²) in [4.78, 5) is 25.8. The number of likely N-dealkylation sites (tertiary alicyclic amines) is 1. The summed E-state index contributed by atoms with van der Waals surface area (Å²) in [5, 5.41) is 21.6. The lowest BCUT2D eigenvalue weighted by Gasteiger charge is -2.31. The molecule has 1 atom stereocenters. The van der Waals surface area contributed by atoms with Crippen molar-refractivity contribution in [3.05, 3.63) is 68.5 Å². The number of allylic oxidation sites excluding steroid dienone is 1. The fraction of sp³-hybridized carbons (Fsp3) is 0.348. The molecule has 0 saturated carbocycles. The maximum absolute atomic E-state index is 13.0. The topological polar surface area (TPSA) is 92.9 Å². The first-order valence-corrected chi connectivity index (χ1v) is 10.1. The van der Waals surface area contributed by atoms with Gasteiger partial charge in [-0.25, -0.2) is 0 Å². The van der Waals surface area contributed by atoms with E-state index >= 15 is 0 Å². The van der Waals surface area contributed by atoms with E-state index in [2.05, 4.69) is 11.8 Å². The average Bonchev–Trinajstić information content (AvgIpc) is 3.02. The first-order chi connectivity index (χ1) is 14.3. The first-order valence-electron chi connectivity index (χ1n) is 10.1. The Kier molecular flexibility index (Phi) is 5.30. The Morgan fingerprint density at radius 3 is 2.90 bits per heavy atom. The number of hydrogen-bond acceptors (Lipinski definition) is 6. The van der Waals surface area contributed by atoms with Crippen molar-refractivity contribution in [3.63, 3.8) is 0 Å². The molecule has 0 amide bonds. The quantitative estimate of drug-likeness (QED) is 0.456. The smallest absolute Gasteiger partial charge is 0.270 e. The number of Topliss-reactive ketones (excluding diaryl/α,β-unsaturated/α-hetero) is 1. The minimum absolute atomic E-state index is 0.0546. The van der Waals surface area contributed by atoms with Crippen molar-refractivity contribution < 1.29 is 19.6 Å². The van der Waals surface area contributed by atoms with Gasteiger partial charge in [0.15, 0.2) is 5.76 Å². The van der Waals surface area contributed by atoms with Crippen molar-refractivity contribution in [2.24, 2.45) is 5.92 Å². The summed E-state index contributed by atoms with van der Waals surface area (Å²) in [5.41, 5.74) is 2.16. The summed E-state index contributed by atoms with van der Waals surface area (Å²) in [6.45, 7) is 6.37. The monoisotopic (exact) mass is 408 g/mol. The number of carbonyl (C=O) groups excluding carboxylic acids is 1. The van der Waals surface area contributed by atoms with E-state index in [1.54, 1.807) is 25.1 Å². The van der Waals surface area contributed by atoms with Gasteiger partial charge in [-0.15, -0.1) is 0 Å². The molecular formula is C23H24N2O5. The van der Waals surface area contributed by atoms with Crippen LogP contribution in [0.25, 0.3) is 6.08 Å². The molecule has 1 unspecified atom stereocenters. The zero-order valence-electron chi connectivity index (χ0n) is 17.1. The lowest BCUT2D eigenvalue weighted by atomic mass is 9.97. The van der Waals surface area contributed by atoms with E-state index in [1.807, 2.05) is 0 Å². The number of rotatable bonds is 4. The molecule has 1 N–H and O–H groups in total. The highest BCUT2D eigenvalue weighted by atomic mass is 16.6. The summed E-state index contributed by atoms with van der Waals surface area (Å²) in [6.07, 6.45) is 3.81. The maximum atomic E-state index is 13.0. The van der Waals surface area contributed by atoms with Gasteiger partial charge in [-0.05, 0) is 55.5 Å². The molecule has 2 heterocycles. The Morgan fingerprint density at radius 2 is 2.17 bits per heavy atom. The van der Waals surface area contributed by atoms with Gasteiger partial charge in [0, 0.05) is 25.2 Å². The standard InChI is InChI=1S/C23H24N2O5/c1-14-5-4-8-24(12-14)13-18-19(26)9-15(2)21-22(27)20(30-23(18)21)11-16-6-3-7-17(10-16)25(28)29/h3,6-7,9-11,14,26H,4-5,8,12-13H2,1-2H3/b20-11+. The highest BCUT2D eigenvalue weighted by Gasteiger charge is 2.34. The number of benzene rings is 2. The van der Waals surface area contributed by atoms with E-state index in [4.69, 9.17) is 4.74 Å². The minimum Gasteiger partial charge on any atom is -0.507 e. The molecule has 2 aliphatic heterocycles. The van der Waals surface area contributed by atoms with Crippen molar-refractivity contribution in [2.75, 3.05) is 13.1 Å². The third-order valence-electron chi connectivity index (χ3n) is 5.72. The van der Waals surface area contributed by atoms with E-state index in [9.17, 15) is 20.0 Å². The second-order valence-corrected chi connectivity index (χ2v) is 8.17. The van der Waals surface area contributed by atoms with Gasteiger partial charge in [-0.3, -0.25) is 19.8 Å². The van der Waals surface area contributed by atoms with Crippen LogP contribution in [0.2, 0.25) is 0 Å². The highest BCUT2D eigenvalue weighted by molar-refractivity contribution is 6.15. The summed E-state index contributed by atoms with van der Waals surface area (Å²) >= 11 is 0. The van der Waals surface area contributed by atoms with E-state index in [1.165, 1.54) is 24.6 Å². The van der Waals surface area contributed by atoms with Gasteiger partial charge in [0.25, 0.3) is 5.69 Å². The van der Waals surface area contributed by atoms with Gasteiger partial charge in [0.1, 0.15) is 11.5 Å². The number of phenolic OH excluding ortho intramolecular Hbond substituents is 1. The molecule has 0 spiro atoms. The van der Waals surface area contributed by atoms with Crippen molar-refractivity contribution in [2.45, 2.75) is 33.2 Å². The molecule has 0 aromatic heterocycles. The fourth-order valence-corrected chi connectivity index (χ4v) is 4.27. The van der Waals surface area contributed by atoms with Crippen LogP contribution in [0.1, 0.15) is 46.8 Å². The SMILES string of the molecule is Cc1cc(O)c(CN2CCCC(C)C2)c2c1C(=O)/C(=C\c1cccc([N+](=O)[O-])c1)O2. The van der Waals surface area contributed by atoms with Crippen LogP contribution in [0.3, 0.4) is 0 Å². The van der Waals surface area contributed by atoms with E-state index in [0.29, 0.717) is 40.5 Å². The zero-order valence-corrected chi connectivity index (χ0v) is 17.1. The first kappa shape index (κ1) is 20.1. The van der Waals surface area contributed by atoms with Gasteiger partial charge in [0.05, 0.1) is 16.1 Å². The number of nitro groups is 1. The molecule has 7 nitrogen and oxygen atoms in total. The number of aromatic hydroxyl groups is 1. The van der Waals surface area contributed by atoms with Crippen LogP contribution in [-0.2, 0) is 6.54 Å². The van der Waals surface area contributed by atoms with Crippen molar-refractivity contribution in [1.82, 2.24) is 4.90 Å². The molecule has 0 radical (unpaired) electrons. The van der Waals surface area contributed by atoms with E-state index in [0.717, 1.165) is 19.5 Å². The molecular weight excluding hydrogens is 384 g/mol. The number of nitro benzene ring substituents is 1. The van der Waals surface area contributed by atoms with E-state index in [-0.39, 0.29) is 23.0 Å². The highest BCUT2D eigenvalue weighted by Crippen LogP contribution is 2.42. The predicted molar refractivity (Wildman–Crippen MR) is 113 cm³/mol. The number of nitrogens with zero attached hydrogens (tertiary/aromatic N) is 2. The van der Waals surface area contributed by atoms with Crippen LogP contribution < -0.4 is 4.74 Å². The van der Waals surface area contributed by atoms with Gasteiger partial charge >= 0.3 is 0 Å². The third-order valence-corrected chi connectivity index (χ3v) is 5.72. The van der Waals surface area contributed by atoms with Crippen molar-refractivity contribution in [3.8, 4) is 11.5 Å². The van der Waals surface area contributed by atoms with Gasteiger partial charge in [-0.1, -0.05) is 19.1 Å². The largest absolute Gasteiger partial charge is 0.507 e. The molecule has 2 aromatic rings. The molecule has 2 aromatic carbocycles. The third kappa shape index (κ3) is 3.80. The van der Waals surface area contributed by atoms with Crippen molar-refractivity contribution in [1.29, 1.82) is 0 Å². The summed E-state index contributed by atoms with van der Waals surface area (Å²) < 4.78 is 5.94. The molecule has 1 fully saturated rings. The van der Waals surface area contributed by atoms with Crippen molar-refractivity contribution >= 4 is 17.5 Å². The molecule has 1 saturated heterocycles. The number of hydrogen-bond donors (Lipinski definition) is 1. The molecule has 156 valence electrons. The summed E-state index contributed by atoms with van der Waals surface area (Å²) in [7, 11) is 0. The van der Waals surface area contributed by atoms with Crippen LogP contribution in [0, 0.1) is 23.0 Å². The van der Waals surface area contributed by atoms with Crippen LogP contribution in [0.15, 0.2) is 36.1 Å².